The van der Waals surface area contributed by atoms with Crippen LogP contribution in [0.2, 0.25) is 0 Å². The first-order valence-corrected chi connectivity index (χ1v) is 11.3. The van der Waals surface area contributed by atoms with Crippen molar-refractivity contribution < 1.29 is 9.50 Å². The molecule has 170 valence electrons. The normalized spacial score (nSPS) is 19.5. The lowest BCUT2D eigenvalue weighted by molar-refractivity contribution is 0.145. The number of rotatable bonds is 7. The fourth-order valence-electron chi connectivity index (χ4n) is 4.58. The Balaban J connectivity index is 0.00000320. The van der Waals surface area contributed by atoms with Crippen molar-refractivity contribution in [2.75, 3.05) is 31.1 Å². The summed E-state index contributed by atoms with van der Waals surface area (Å²) in [6, 6.07) is 5.40. The first-order valence-electron chi connectivity index (χ1n) is 11.3. The first-order chi connectivity index (χ1) is 14.0. The Morgan fingerprint density at radius 3 is 2.50 bits per heavy atom. The third kappa shape index (κ3) is 6.70. The summed E-state index contributed by atoms with van der Waals surface area (Å²) < 4.78 is 14.7. The predicted molar refractivity (Wildman–Crippen MR) is 133 cm³/mol. The summed E-state index contributed by atoms with van der Waals surface area (Å²) in [5, 5.41) is 16.5. The van der Waals surface area contributed by atoms with Crippen molar-refractivity contribution >= 4 is 35.6 Å². The molecule has 1 saturated carbocycles. The second-order valence-corrected chi connectivity index (χ2v) is 8.61. The van der Waals surface area contributed by atoms with E-state index in [9.17, 15) is 9.50 Å². The van der Waals surface area contributed by atoms with Crippen LogP contribution in [-0.2, 0) is 6.54 Å². The predicted octanol–water partition coefficient (Wildman–Crippen LogP) is 4.43. The van der Waals surface area contributed by atoms with Crippen LogP contribution in [0.15, 0.2) is 23.2 Å². The number of hydrogen-bond acceptors (Lipinski definition) is 3. The van der Waals surface area contributed by atoms with Gasteiger partial charge in [-0.25, -0.2) is 9.38 Å². The number of aliphatic hydroxyl groups excluding tert-OH is 1. The molecule has 0 aromatic heterocycles. The number of aliphatic hydroxyl groups is 1. The van der Waals surface area contributed by atoms with Crippen LogP contribution in [0.1, 0.15) is 64.4 Å². The molecule has 1 aliphatic carbocycles. The van der Waals surface area contributed by atoms with E-state index in [1.165, 1.54) is 32.1 Å². The molecule has 0 amide bonds. The number of aliphatic imine (C=N–C) groups is 1. The number of piperidine rings is 1. The van der Waals surface area contributed by atoms with Gasteiger partial charge in [-0.15, -0.1) is 24.0 Å². The van der Waals surface area contributed by atoms with Crippen molar-refractivity contribution in [2.45, 2.75) is 71.4 Å². The van der Waals surface area contributed by atoms with Gasteiger partial charge in [0.2, 0.25) is 0 Å². The molecule has 30 heavy (non-hydrogen) atoms. The largest absolute Gasteiger partial charge is 0.393 e. The number of guanidine groups is 1. The molecule has 2 fully saturated rings. The second kappa shape index (κ2) is 12.1. The summed E-state index contributed by atoms with van der Waals surface area (Å²) in [6.07, 6.45) is 7.56. The SMILES string of the molecule is CCNC(=NCc1ccc(N2CCC(O)CC2)c(F)c1)NCC1(CC)CCCC1.I. The fraction of sp³-hybridized carbons (Fsp3) is 0.696. The van der Waals surface area contributed by atoms with Crippen LogP contribution in [0.4, 0.5) is 10.1 Å². The minimum atomic E-state index is -0.254. The Labute approximate surface area is 197 Å². The average molecular weight is 532 g/mol. The zero-order valence-electron chi connectivity index (χ0n) is 18.4. The van der Waals surface area contributed by atoms with Crippen molar-refractivity contribution in [3.8, 4) is 0 Å². The molecule has 0 atom stereocenters. The zero-order valence-corrected chi connectivity index (χ0v) is 20.8. The third-order valence-electron chi connectivity index (χ3n) is 6.63. The Bertz CT molecular complexity index is 686. The average Bonchev–Trinajstić information content (AvgIpc) is 3.20. The molecule has 1 saturated heterocycles. The smallest absolute Gasteiger partial charge is 0.191 e. The van der Waals surface area contributed by atoms with E-state index in [0.717, 1.165) is 24.6 Å². The quantitative estimate of drug-likeness (QED) is 0.276. The maximum absolute atomic E-state index is 14.7. The van der Waals surface area contributed by atoms with Crippen LogP contribution in [0.25, 0.3) is 0 Å². The molecule has 0 bridgehead atoms. The van der Waals surface area contributed by atoms with E-state index in [1.54, 1.807) is 6.07 Å². The van der Waals surface area contributed by atoms with Gasteiger partial charge in [-0.2, -0.15) is 0 Å². The van der Waals surface area contributed by atoms with Crippen molar-refractivity contribution in [1.82, 2.24) is 10.6 Å². The van der Waals surface area contributed by atoms with Crippen molar-refractivity contribution in [3.63, 3.8) is 0 Å². The van der Waals surface area contributed by atoms with Crippen LogP contribution in [-0.4, -0.2) is 43.3 Å². The highest BCUT2D eigenvalue weighted by Gasteiger charge is 2.31. The summed E-state index contributed by atoms with van der Waals surface area (Å²) in [4.78, 5) is 6.70. The Kier molecular flexibility index (Phi) is 10.1. The van der Waals surface area contributed by atoms with Crippen LogP contribution in [0.5, 0.6) is 0 Å². The van der Waals surface area contributed by atoms with Gasteiger partial charge in [0.1, 0.15) is 5.82 Å². The topological polar surface area (TPSA) is 59.9 Å². The van der Waals surface area contributed by atoms with Gasteiger partial charge in [-0.3, -0.25) is 0 Å². The molecule has 0 unspecified atom stereocenters. The summed E-state index contributed by atoms with van der Waals surface area (Å²) >= 11 is 0. The highest BCUT2D eigenvalue weighted by atomic mass is 127. The van der Waals surface area contributed by atoms with Crippen molar-refractivity contribution in [1.29, 1.82) is 0 Å². The van der Waals surface area contributed by atoms with E-state index in [0.29, 0.717) is 43.6 Å². The molecule has 3 N–H and O–H groups in total. The van der Waals surface area contributed by atoms with Crippen LogP contribution < -0.4 is 15.5 Å². The highest BCUT2D eigenvalue weighted by molar-refractivity contribution is 14.0. The molecule has 2 aliphatic rings. The highest BCUT2D eigenvalue weighted by Crippen LogP contribution is 2.40. The lowest BCUT2D eigenvalue weighted by Crippen LogP contribution is -2.42. The molecule has 3 rings (SSSR count). The van der Waals surface area contributed by atoms with Crippen molar-refractivity contribution in [3.05, 3.63) is 29.6 Å². The summed E-state index contributed by atoms with van der Waals surface area (Å²) in [5.41, 5.74) is 1.89. The summed E-state index contributed by atoms with van der Waals surface area (Å²) in [5.74, 6) is 0.602. The lowest BCUT2D eigenvalue weighted by atomic mass is 9.83. The minimum Gasteiger partial charge on any atom is -0.393 e. The van der Waals surface area contributed by atoms with Gasteiger partial charge >= 0.3 is 0 Å². The maximum atomic E-state index is 14.7. The number of benzene rings is 1. The number of nitrogens with zero attached hydrogens (tertiary/aromatic N) is 2. The molecule has 1 aromatic carbocycles. The molecule has 5 nitrogen and oxygen atoms in total. The molecular weight excluding hydrogens is 494 g/mol. The monoisotopic (exact) mass is 532 g/mol. The summed E-state index contributed by atoms with van der Waals surface area (Å²) in [6.45, 7) is 7.94. The van der Waals surface area contributed by atoms with E-state index in [4.69, 9.17) is 0 Å². The van der Waals surface area contributed by atoms with Crippen LogP contribution in [0.3, 0.4) is 0 Å². The Morgan fingerprint density at radius 1 is 1.20 bits per heavy atom. The zero-order chi connectivity index (χ0) is 20.7. The van der Waals surface area contributed by atoms with Gasteiger partial charge in [0.05, 0.1) is 18.3 Å². The van der Waals surface area contributed by atoms with E-state index < -0.39 is 0 Å². The van der Waals surface area contributed by atoms with Crippen LogP contribution >= 0.6 is 24.0 Å². The molecule has 0 radical (unpaired) electrons. The standard InChI is InChI=1S/C23H37FN4O.HI/c1-3-23(11-5-6-12-23)17-27-22(25-4-2)26-16-18-7-8-21(20(24)15-18)28-13-9-19(29)10-14-28;/h7-8,15,19,29H,3-6,9-14,16-17H2,1-2H3,(H2,25,26,27);1H. The second-order valence-electron chi connectivity index (χ2n) is 8.61. The molecular formula is C23H38FIN4O. The molecule has 1 heterocycles. The van der Waals surface area contributed by atoms with Gasteiger partial charge in [0, 0.05) is 26.2 Å². The molecule has 7 heteroatoms. The van der Waals surface area contributed by atoms with E-state index in [1.807, 2.05) is 17.0 Å². The number of anilines is 1. The van der Waals surface area contributed by atoms with E-state index in [2.05, 4.69) is 29.5 Å². The Hall–Kier alpha value is -1.09. The van der Waals surface area contributed by atoms with Gasteiger partial charge in [-0.1, -0.05) is 25.8 Å². The molecule has 1 aromatic rings. The molecule has 1 aliphatic heterocycles. The fourth-order valence-corrected chi connectivity index (χ4v) is 4.58. The van der Waals surface area contributed by atoms with Gasteiger partial charge in [0.15, 0.2) is 5.96 Å². The van der Waals surface area contributed by atoms with E-state index in [-0.39, 0.29) is 35.9 Å². The maximum Gasteiger partial charge on any atom is 0.191 e. The Morgan fingerprint density at radius 2 is 1.90 bits per heavy atom. The van der Waals surface area contributed by atoms with Gasteiger partial charge in [0.25, 0.3) is 0 Å². The van der Waals surface area contributed by atoms with Crippen LogP contribution in [0, 0.1) is 11.2 Å². The number of halogens is 2. The first kappa shape index (κ1) is 25.2. The molecule has 0 spiro atoms. The number of hydrogen-bond donors (Lipinski definition) is 3. The minimum absolute atomic E-state index is 0. The lowest BCUT2D eigenvalue weighted by Gasteiger charge is -2.31. The third-order valence-corrected chi connectivity index (χ3v) is 6.63. The van der Waals surface area contributed by atoms with Gasteiger partial charge in [-0.05, 0) is 62.1 Å². The number of nitrogens with one attached hydrogen (secondary N) is 2. The van der Waals surface area contributed by atoms with E-state index >= 15 is 0 Å². The van der Waals surface area contributed by atoms with Gasteiger partial charge < -0.3 is 20.6 Å². The summed E-state index contributed by atoms with van der Waals surface area (Å²) in [7, 11) is 0. The van der Waals surface area contributed by atoms with Crippen molar-refractivity contribution in [2.24, 2.45) is 10.4 Å².